The summed E-state index contributed by atoms with van der Waals surface area (Å²) in [6.07, 6.45) is 2.93. The fraction of sp³-hybridized carbons (Fsp3) is 0.643. The van der Waals surface area contributed by atoms with Gasteiger partial charge in [0.15, 0.2) is 0 Å². The second kappa shape index (κ2) is 4.65. The molecular formula is C14H20N2O3. The number of aliphatic hydroxyl groups excluding tert-OH is 1. The highest BCUT2D eigenvalue weighted by Crippen LogP contribution is 2.39. The van der Waals surface area contributed by atoms with E-state index in [2.05, 4.69) is 11.9 Å². The van der Waals surface area contributed by atoms with Crippen LogP contribution in [0.1, 0.15) is 12.2 Å². The summed E-state index contributed by atoms with van der Waals surface area (Å²) in [5.74, 6) is 1.20. The smallest absolute Gasteiger partial charge is 0.230 e. The molecule has 0 saturated carbocycles. The van der Waals surface area contributed by atoms with Gasteiger partial charge in [0.1, 0.15) is 5.76 Å². The average molecular weight is 264 g/mol. The van der Waals surface area contributed by atoms with E-state index >= 15 is 0 Å². The molecule has 2 aliphatic heterocycles. The van der Waals surface area contributed by atoms with Crippen LogP contribution in [0.25, 0.3) is 0 Å². The Balaban J connectivity index is 1.56. The quantitative estimate of drug-likeness (QED) is 0.856. The maximum absolute atomic E-state index is 12.1. The summed E-state index contributed by atoms with van der Waals surface area (Å²) in [7, 11) is 2.09. The van der Waals surface area contributed by atoms with Crippen molar-refractivity contribution in [1.82, 2.24) is 9.80 Å². The van der Waals surface area contributed by atoms with Crippen LogP contribution in [0.15, 0.2) is 22.8 Å². The molecule has 104 valence electrons. The first kappa shape index (κ1) is 12.7. The van der Waals surface area contributed by atoms with E-state index in [4.69, 9.17) is 4.42 Å². The molecule has 1 atom stereocenters. The molecule has 2 aliphatic rings. The molecule has 0 aliphatic carbocycles. The molecule has 0 unspecified atom stereocenters. The first-order valence-corrected chi connectivity index (χ1v) is 6.75. The fourth-order valence-electron chi connectivity index (χ4n) is 3.35. The Hall–Kier alpha value is -1.33. The molecule has 0 bridgehead atoms. The van der Waals surface area contributed by atoms with Gasteiger partial charge in [-0.1, -0.05) is 0 Å². The molecule has 1 aromatic rings. The van der Waals surface area contributed by atoms with Crippen LogP contribution in [0.2, 0.25) is 0 Å². The molecule has 1 spiro atoms. The van der Waals surface area contributed by atoms with Crippen molar-refractivity contribution >= 4 is 5.91 Å². The Bertz CT molecular complexity index is 451. The lowest BCUT2D eigenvalue weighted by molar-refractivity contribution is -0.143. The third-order valence-corrected chi connectivity index (χ3v) is 4.50. The number of hydrogen-bond donors (Lipinski definition) is 1. The lowest BCUT2D eigenvalue weighted by Gasteiger charge is -2.52. The third kappa shape index (κ3) is 2.17. The minimum atomic E-state index is 0.103. The van der Waals surface area contributed by atoms with Crippen molar-refractivity contribution in [2.45, 2.75) is 18.4 Å². The molecule has 1 amide bonds. The number of carbonyl (C=O) groups excluding carboxylic acids is 1. The molecule has 5 heteroatoms. The van der Waals surface area contributed by atoms with Crippen LogP contribution >= 0.6 is 0 Å². The standard InChI is InChI=1S/C14H20N2O3/c1-15-7-11(8-17)6-14(15)9-16(10-14)13(18)5-12-3-2-4-19-12/h2-4,11,17H,5-10H2,1H3/t11-/m1/s1. The Morgan fingerprint density at radius 2 is 2.37 bits per heavy atom. The van der Waals surface area contributed by atoms with Crippen LogP contribution in [-0.4, -0.2) is 59.6 Å². The van der Waals surface area contributed by atoms with Crippen LogP contribution in [-0.2, 0) is 11.2 Å². The first-order valence-electron chi connectivity index (χ1n) is 6.75. The summed E-state index contributed by atoms with van der Waals surface area (Å²) >= 11 is 0. The largest absolute Gasteiger partial charge is 0.469 e. The Morgan fingerprint density at radius 1 is 1.58 bits per heavy atom. The zero-order chi connectivity index (χ0) is 13.5. The molecule has 2 fully saturated rings. The van der Waals surface area contributed by atoms with Crippen LogP contribution < -0.4 is 0 Å². The predicted octanol–water partition coefficient (Wildman–Crippen LogP) is 0.347. The summed E-state index contributed by atoms with van der Waals surface area (Å²) in [6, 6.07) is 3.63. The van der Waals surface area contributed by atoms with Gasteiger partial charge < -0.3 is 14.4 Å². The highest BCUT2D eigenvalue weighted by Gasteiger charge is 2.52. The topological polar surface area (TPSA) is 56.9 Å². The van der Waals surface area contributed by atoms with E-state index in [0.29, 0.717) is 12.3 Å². The van der Waals surface area contributed by atoms with E-state index < -0.39 is 0 Å². The highest BCUT2D eigenvalue weighted by molar-refractivity contribution is 5.79. The van der Waals surface area contributed by atoms with Crippen molar-refractivity contribution in [3.05, 3.63) is 24.2 Å². The molecule has 0 aromatic carbocycles. The van der Waals surface area contributed by atoms with Gasteiger partial charge in [-0.2, -0.15) is 0 Å². The van der Waals surface area contributed by atoms with Crippen molar-refractivity contribution in [3.63, 3.8) is 0 Å². The van der Waals surface area contributed by atoms with Gasteiger partial charge in [0, 0.05) is 26.2 Å². The van der Waals surface area contributed by atoms with E-state index in [9.17, 15) is 9.90 Å². The SMILES string of the molecule is CN1C[C@H](CO)CC12CN(C(=O)Cc1ccco1)C2. The molecule has 19 heavy (non-hydrogen) atoms. The Morgan fingerprint density at radius 3 is 2.95 bits per heavy atom. The van der Waals surface area contributed by atoms with Crippen LogP contribution in [0, 0.1) is 5.92 Å². The molecular weight excluding hydrogens is 244 g/mol. The molecule has 2 saturated heterocycles. The summed E-state index contributed by atoms with van der Waals surface area (Å²) in [4.78, 5) is 16.3. The lowest BCUT2D eigenvalue weighted by atomic mass is 9.84. The average Bonchev–Trinajstić information content (AvgIpc) is 2.94. The first-order chi connectivity index (χ1) is 9.13. The van der Waals surface area contributed by atoms with Gasteiger partial charge in [-0.15, -0.1) is 0 Å². The fourth-order valence-corrected chi connectivity index (χ4v) is 3.35. The van der Waals surface area contributed by atoms with Gasteiger partial charge in [-0.25, -0.2) is 0 Å². The number of rotatable bonds is 3. The number of nitrogens with zero attached hydrogens (tertiary/aromatic N) is 2. The van der Waals surface area contributed by atoms with E-state index in [-0.39, 0.29) is 18.1 Å². The maximum Gasteiger partial charge on any atom is 0.230 e. The Labute approximate surface area is 112 Å². The number of aliphatic hydroxyl groups is 1. The minimum Gasteiger partial charge on any atom is -0.469 e. The molecule has 5 nitrogen and oxygen atoms in total. The second-order valence-electron chi connectivity index (χ2n) is 5.86. The van der Waals surface area contributed by atoms with E-state index in [1.807, 2.05) is 11.0 Å². The molecule has 1 aromatic heterocycles. The summed E-state index contributed by atoms with van der Waals surface area (Å²) in [5, 5.41) is 9.26. The van der Waals surface area contributed by atoms with Gasteiger partial charge in [-0.05, 0) is 31.5 Å². The van der Waals surface area contributed by atoms with Gasteiger partial charge in [0.25, 0.3) is 0 Å². The van der Waals surface area contributed by atoms with Gasteiger partial charge in [0.2, 0.25) is 5.91 Å². The summed E-state index contributed by atoms with van der Waals surface area (Å²) in [5.41, 5.74) is 0.103. The Kier molecular flexibility index (Phi) is 3.11. The van der Waals surface area contributed by atoms with E-state index in [0.717, 1.165) is 31.8 Å². The molecule has 1 N–H and O–H groups in total. The highest BCUT2D eigenvalue weighted by atomic mass is 16.3. The summed E-state index contributed by atoms with van der Waals surface area (Å²) in [6.45, 7) is 2.72. The number of likely N-dealkylation sites (tertiary alicyclic amines) is 2. The maximum atomic E-state index is 12.1. The zero-order valence-corrected chi connectivity index (χ0v) is 11.2. The predicted molar refractivity (Wildman–Crippen MR) is 69.5 cm³/mol. The van der Waals surface area contributed by atoms with Crippen LogP contribution in [0.3, 0.4) is 0 Å². The number of hydrogen-bond acceptors (Lipinski definition) is 4. The third-order valence-electron chi connectivity index (χ3n) is 4.50. The van der Waals surface area contributed by atoms with E-state index in [1.54, 1.807) is 12.3 Å². The van der Waals surface area contributed by atoms with E-state index in [1.165, 1.54) is 0 Å². The molecule has 3 rings (SSSR count). The van der Waals surface area contributed by atoms with Crippen LogP contribution in [0.4, 0.5) is 0 Å². The lowest BCUT2D eigenvalue weighted by Crippen LogP contribution is -2.68. The normalized spacial score (nSPS) is 25.8. The number of carbonyl (C=O) groups is 1. The number of likely N-dealkylation sites (N-methyl/N-ethyl adjacent to an activating group) is 1. The minimum absolute atomic E-state index is 0.103. The number of furan rings is 1. The van der Waals surface area contributed by atoms with Crippen molar-refractivity contribution in [1.29, 1.82) is 0 Å². The summed E-state index contributed by atoms with van der Waals surface area (Å²) < 4.78 is 5.20. The van der Waals surface area contributed by atoms with Crippen molar-refractivity contribution in [2.24, 2.45) is 5.92 Å². The zero-order valence-electron chi connectivity index (χ0n) is 11.2. The number of amides is 1. The van der Waals surface area contributed by atoms with Gasteiger partial charge >= 0.3 is 0 Å². The van der Waals surface area contributed by atoms with Crippen LogP contribution in [0.5, 0.6) is 0 Å². The van der Waals surface area contributed by atoms with Gasteiger partial charge in [0.05, 0.1) is 18.2 Å². The molecule has 3 heterocycles. The molecule has 0 radical (unpaired) electrons. The monoisotopic (exact) mass is 264 g/mol. The second-order valence-corrected chi connectivity index (χ2v) is 5.86. The van der Waals surface area contributed by atoms with Crippen molar-refractivity contribution in [2.75, 3.05) is 33.3 Å². The van der Waals surface area contributed by atoms with Crippen molar-refractivity contribution in [3.8, 4) is 0 Å². The van der Waals surface area contributed by atoms with Gasteiger partial charge in [-0.3, -0.25) is 9.69 Å². The van der Waals surface area contributed by atoms with Crippen molar-refractivity contribution < 1.29 is 14.3 Å².